The number of hydrogen-bond acceptors (Lipinski definition) is 8. The number of carbonyl (C=O) groups excluding carboxylic acids is 2. The molecule has 52 heavy (non-hydrogen) atoms. The highest BCUT2D eigenvalue weighted by Crippen LogP contribution is 2.74. The van der Waals surface area contributed by atoms with Gasteiger partial charge in [-0.05, 0) is 36.1 Å². The van der Waals surface area contributed by atoms with Crippen LogP contribution in [0.25, 0.3) is 0 Å². The third kappa shape index (κ3) is 5.71. The summed E-state index contributed by atoms with van der Waals surface area (Å²) in [4.78, 5) is 32.6. The van der Waals surface area contributed by atoms with Gasteiger partial charge in [-0.1, -0.05) is 121 Å². The van der Waals surface area contributed by atoms with Crippen molar-refractivity contribution in [2.75, 3.05) is 26.4 Å². The van der Waals surface area contributed by atoms with Gasteiger partial charge in [-0.15, -0.1) is 0 Å². The fourth-order valence-electron chi connectivity index (χ4n) is 9.74. The normalized spacial score (nSPS) is 26.2. The van der Waals surface area contributed by atoms with Gasteiger partial charge in [-0.2, -0.15) is 0 Å². The Morgan fingerprint density at radius 3 is 1.19 bits per heavy atom. The number of ether oxygens (including phenoxy) is 2. The van der Waals surface area contributed by atoms with E-state index in [9.17, 15) is 19.8 Å². The molecule has 3 aliphatic rings. The summed E-state index contributed by atoms with van der Waals surface area (Å²) in [6.07, 6.45) is 3.78. The summed E-state index contributed by atoms with van der Waals surface area (Å²) in [5, 5.41) is 24.3. The quantitative estimate of drug-likeness (QED) is 0.169. The fraction of sp³-hybridized carbons (Fsp3) is 0.318. The van der Waals surface area contributed by atoms with E-state index in [4.69, 9.17) is 9.47 Å². The Morgan fingerprint density at radius 1 is 0.558 bits per heavy atom. The third-order valence-electron chi connectivity index (χ3n) is 11.3. The Balaban J connectivity index is 1.56. The van der Waals surface area contributed by atoms with Gasteiger partial charge in [-0.3, -0.25) is 0 Å². The molecule has 7 rings (SSSR count). The van der Waals surface area contributed by atoms with Crippen molar-refractivity contribution in [3.63, 3.8) is 0 Å². The molecule has 268 valence electrons. The summed E-state index contributed by atoms with van der Waals surface area (Å²) < 4.78 is 11.5. The number of carbonyl (C=O) groups is 2. The summed E-state index contributed by atoms with van der Waals surface area (Å²) in [6, 6.07) is 38.5. The number of aliphatic hydroxyl groups excluding tert-OH is 2. The molecule has 0 amide bonds. The minimum atomic E-state index is -1.05. The lowest BCUT2D eigenvalue weighted by Gasteiger charge is -2.78. The van der Waals surface area contributed by atoms with Gasteiger partial charge in [-0.25, -0.2) is 9.59 Å². The minimum absolute atomic E-state index is 0.192. The first-order valence-electron chi connectivity index (χ1n) is 18.1. The molecule has 2 aliphatic heterocycles. The number of aliphatic hydroxyl groups is 2. The average Bonchev–Trinajstić information content (AvgIpc) is 3.17. The van der Waals surface area contributed by atoms with Crippen LogP contribution in [0.2, 0.25) is 0 Å². The van der Waals surface area contributed by atoms with E-state index in [-0.39, 0.29) is 26.4 Å². The molecular weight excluding hydrogens is 652 g/mol. The molecular formula is C44H46N2O6. The Morgan fingerprint density at radius 2 is 0.885 bits per heavy atom. The first kappa shape index (κ1) is 35.2. The first-order chi connectivity index (χ1) is 25.4. The van der Waals surface area contributed by atoms with Crippen molar-refractivity contribution in [1.29, 1.82) is 0 Å². The molecule has 1 aliphatic carbocycles. The highest BCUT2D eigenvalue weighted by molar-refractivity contribution is 5.92. The monoisotopic (exact) mass is 698 g/mol. The molecule has 4 aromatic carbocycles. The van der Waals surface area contributed by atoms with Crippen LogP contribution < -0.4 is 0 Å². The number of hydrogen-bond donors (Lipinski definition) is 2. The van der Waals surface area contributed by atoms with Crippen molar-refractivity contribution in [3.8, 4) is 0 Å². The van der Waals surface area contributed by atoms with Crippen LogP contribution in [0.15, 0.2) is 145 Å². The van der Waals surface area contributed by atoms with Gasteiger partial charge in [0.05, 0.1) is 49.7 Å². The van der Waals surface area contributed by atoms with Crippen LogP contribution in [0.3, 0.4) is 0 Å². The zero-order valence-electron chi connectivity index (χ0n) is 29.7. The lowest BCUT2D eigenvalue weighted by molar-refractivity contribution is -0.264. The van der Waals surface area contributed by atoms with Gasteiger partial charge >= 0.3 is 11.9 Å². The summed E-state index contributed by atoms with van der Waals surface area (Å²) in [5.41, 5.74) is 2.51. The highest BCUT2D eigenvalue weighted by Gasteiger charge is 2.81. The lowest BCUT2D eigenvalue weighted by atomic mass is 9.34. The summed E-state index contributed by atoms with van der Waals surface area (Å²) >= 11 is 0. The number of rotatable bonds is 12. The van der Waals surface area contributed by atoms with Crippen molar-refractivity contribution in [2.45, 2.75) is 50.9 Å². The molecule has 1 fully saturated rings. The molecule has 1 saturated carbocycles. The molecule has 6 atom stereocenters. The summed E-state index contributed by atoms with van der Waals surface area (Å²) in [5.74, 6) is -2.11. The van der Waals surface area contributed by atoms with Gasteiger partial charge in [0.1, 0.15) is 0 Å². The number of esters is 2. The topological polar surface area (TPSA) is 99.5 Å². The van der Waals surface area contributed by atoms with E-state index >= 15 is 0 Å². The highest BCUT2D eigenvalue weighted by atomic mass is 16.5. The van der Waals surface area contributed by atoms with Gasteiger partial charge < -0.3 is 29.5 Å². The Hall–Kier alpha value is -5.18. The second kappa shape index (κ2) is 14.8. The minimum Gasteiger partial charge on any atom is -0.463 e. The summed E-state index contributed by atoms with van der Waals surface area (Å²) in [7, 11) is 0. The van der Waals surface area contributed by atoms with Crippen LogP contribution in [0.5, 0.6) is 0 Å². The van der Waals surface area contributed by atoms with Crippen molar-refractivity contribution in [2.24, 2.45) is 10.8 Å². The van der Waals surface area contributed by atoms with Crippen molar-refractivity contribution in [3.05, 3.63) is 167 Å². The molecule has 4 aromatic rings. The van der Waals surface area contributed by atoms with Crippen LogP contribution in [0.1, 0.15) is 47.9 Å². The van der Waals surface area contributed by atoms with E-state index < -0.39 is 46.7 Å². The Kier molecular flexibility index (Phi) is 10.0. The fourth-order valence-corrected chi connectivity index (χ4v) is 9.74. The third-order valence-corrected chi connectivity index (χ3v) is 11.3. The average molecular weight is 699 g/mol. The van der Waals surface area contributed by atoms with Gasteiger partial charge in [0, 0.05) is 48.2 Å². The van der Waals surface area contributed by atoms with E-state index in [1.165, 1.54) is 0 Å². The van der Waals surface area contributed by atoms with E-state index in [0.717, 1.165) is 22.3 Å². The van der Waals surface area contributed by atoms with E-state index in [1.807, 2.05) is 134 Å². The maximum atomic E-state index is 14.2. The largest absolute Gasteiger partial charge is 0.463 e. The molecule has 4 unspecified atom stereocenters. The van der Waals surface area contributed by atoms with Crippen LogP contribution in [0.4, 0.5) is 0 Å². The van der Waals surface area contributed by atoms with Crippen LogP contribution in [0, 0.1) is 10.8 Å². The number of nitrogens with zero attached hydrogens (tertiary/aromatic N) is 2. The Bertz CT molecular complexity index is 1760. The van der Waals surface area contributed by atoms with Crippen LogP contribution in [-0.2, 0) is 32.2 Å². The first-order valence-corrected chi connectivity index (χ1v) is 18.1. The smallest absolute Gasteiger partial charge is 0.336 e. The predicted octanol–water partition coefficient (Wildman–Crippen LogP) is 6.19. The standard InChI is InChI=1S/C44H46N2O6/c1-3-51-39(49)35-27-45(25-31-17-9-5-10-18-31)41-43(29-47,37(35)33-21-13-7-14-22-33)42-44(41,30-48)38(34-23-15-8-16-24-34)36(40(50)52-4-2)28-46(42)26-32-19-11-6-12-20-32/h5-24,27-28,37-38,41-42,47-48H,3-4,25-26,29-30H2,1-2H3/t37-,38+,41?,42?,43?,44?. The molecule has 2 N–H and O–H groups in total. The molecule has 0 spiro atoms. The zero-order valence-corrected chi connectivity index (χ0v) is 29.7. The van der Waals surface area contributed by atoms with Gasteiger partial charge in [0.25, 0.3) is 0 Å². The second-order valence-electron chi connectivity index (χ2n) is 14.0. The van der Waals surface area contributed by atoms with Crippen molar-refractivity contribution >= 4 is 11.9 Å². The lowest BCUT2D eigenvalue weighted by Crippen LogP contribution is -2.86. The maximum absolute atomic E-state index is 14.2. The van der Waals surface area contributed by atoms with Crippen LogP contribution >= 0.6 is 0 Å². The van der Waals surface area contributed by atoms with E-state index in [0.29, 0.717) is 24.2 Å². The predicted molar refractivity (Wildman–Crippen MR) is 198 cm³/mol. The van der Waals surface area contributed by atoms with E-state index in [1.54, 1.807) is 13.8 Å². The molecule has 2 heterocycles. The van der Waals surface area contributed by atoms with Crippen molar-refractivity contribution < 1.29 is 29.3 Å². The zero-order chi connectivity index (χ0) is 36.3. The van der Waals surface area contributed by atoms with Crippen molar-refractivity contribution in [1.82, 2.24) is 9.80 Å². The van der Waals surface area contributed by atoms with Gasteiger partial charge in [0.15, 0.2) is 0 Å². The molecule has 0 radical (unpaired) electrons. The Labute approximate surface area is 305 Å². The summed E-state index contributed by atoms with van der Waals surface area (Å²) in [6.45, 7) is 4.15. The van der Waals surface area contributed by atoms with Gasteiger partial charge in [0.2, 0.25) is 0 Å². The second-order valence-corrected chi connectivity index (χ2v) is 14.0. The van der Waals surface area contributed by atoms with E-state index in [2.05, 4.69) is 9.80 Å². The molecule has 0 aromatic heterocycles. The number of benzene rings is 4. The molecule has 8 heteroatoms. The maximum Gasteiger partial charge on any atom is 0.336 e. The number of fused-ring (bicyclic) bond motifs is 4. The van der Waals surface area contributed by atoms with Crippen LogP contribution in [-0.4, -0.2) is 70.5 Å². The molecule has 8 nitrogen and oxygen atoms in total. The molecule has 0 bridgehead atoms. The molecule has 0 saturated heterocycles. The SMILES string of the molecule is CCOC(=O)C1=CN(Cc2ccccc2)C2C(CO)(C3N(Cc4ccccc4)C=C(C(=O)OCC)[C@@H](c4ccccc4)C23CO)[C@H]1c1ccccc1.